The topological polar surface area (TPSA) is 293 Å². The number of hydrogen-bond acceptors (Lipinski definition) is 14. The molecule has 0 aliphatic heterocycles. The van der Waals surface area contributed by atoms with Crippen LogP contribution >= 0.6 is 0 Å². The Kier molecular flexibility index (Phi) is 7.21. The Labute approximate surface area is 322 Å². The number of phenols is 14. The van der Waals surface area contributed by atoms with Gasteiger partial charge in [0.25, 0.3) is 0 Å². The molecule has 16 heteroatoms. The standard InChI is InChI=1S/C42H28N2O14/c45-29-25(26-31(47)37(53)41(57)38(54)32(26)48)30(46)34(50)27(33(29)49)43-21-7-3-1-5-17(21)19-13-15(9-11-23(19)43)16-10-12-24-20(14-16)18-6-2-4-8-22(18)44(24)28-35(51)39(55)42(58)40(56)36(28)52/h1-14,45-58H. The quantitative estimate of drug-likeness (QED) is 0.0626. The van der Waals surface area contributed by atoms with Crippen molar-refractivity contribution < 1.29 is 71.5 Å². The van der Waals surface area contributed by atoms with Crippen LogP contribution in [0, 0.1) is 0 Å². The largest absolute Gasteiger partial charge is 0.504 e. The van der Waals surface area contributed by atoms with Gasteiger partial charge in [0, 0.05) is 21.5 Å². The number of aromatic hydroxyl groups is 14. The van der Waals surface area contributed by atoms with Gasteiger partial charge >= 0.3 is 0 Å². The second-order valence-corrected chi connectivity index (χ2v) is 13.5. The number of phenolic OH excluding ortho intramolecular Hbond substituents is 14. The maximum Gasteiger partial charge on any atom is 0.208 e. The van der Waals surface area contributed by atoms with Crippen LogP contribution in [0.2, 0.25) is 0 Å². The van der Waals surface area contributed by atoms with Crippen molar-refractivity contribution in [3.05, 3.63) is 84.9 Å². The van der Waals surface area contributed by atoms with Gasteiger partial charge in [-0.25, -0.2) is 0 Å². The van der Waals surface area contributed by atoms with Gasteiger partial charge in [-0.2, -0.15) is 0 Å². The molecule has 0 atom stereocenters. The molecule has 16 nitrogen and oxygen atoms in total. The van der Waals surface area contributed by atoms with E-state index in [0.29, 0.717) is 54.7 Å². The fourth-order valence-corrected chi connectivity index (χ4v) is 7.73. The summed E-state index contributed by atoms with van der Waals surface area (Å²) in [5.74, 6) is -15.9. The van der Waals surface area contributed by atoms with Crippen LogP contribution < -0.4 is 0 Å². The van der Waals surface area contributed by atoms with Gasteiger partial charge in [0.1, 0.15) is 11.4 Å². The molecule has 2 heterocycles. The van der Waals surface area contributed by atoms with Crippen LogP contribution in [-0.4, -0.2) is 80.6 Å². The van der Waals surface area contributed by atoms with Crippen LogP contribution in [0.3, 0.4) is 0 Å². The first-order valence-electron chi connectivity index (χ1n) is 17.1. The van der Waals surface area contributed by atoms with Crippen LogP contribution in [0.1, 0.15) is 0 Å². The van der Waals surface area contributed by atoms with E-state index in [4.69, 9.17) is 0 Å². The van der Waals surface area contributed by atoms with Crippen molar-refractivity contribution in [2.75, 3.05) is 0 Å². The van der Waals surface area contributed by atoms with Gasteiger partial charge in [0.2, 0.25) is 34.5 Å². The maximum atomic E-state index is 11.4. The lowest BCUT2D eigenvalue weighted by atomic mass is 9.97. The lowest BCUT2D eigenvalue weighted by Crippen LogP contribution is -1.98. The molecule has 0 spiro atoms. The van der Waals surface area contributed by atoms with E-state index in [1.165, 1.54) is 9.13 Å². The van der Waals surface area contributed by atoms with Crippen LogP contribution in [0.5, 0.6) is 80.5 Å². The second-order valence-electron chi connectivity index (χ2n) is 13.5. The minimum Gasteiger partial charge on any atom is -0.504 e. The number of fused-ring (bicyclic) bond motifs is 6. The van der Waals surface area contributed by atoms with Gasteiger partial charge in [0.05, 0.1) is 33.2 Å². The Hall–Kier alpha value is -8.66. The number of rotatable bonds is 4. The Bertz CT molecular complexity index is 3200. The molecular weight excluding hydrogens is 756 g/mol. The van der Waals surface area contributed by atoms with Crippen molar-refractivity contribution in [2.24, 2.45) is 0 Å². The molecule has 9 aromatic rings. The van der Waals surface area contributed by atoms with Crippen LogP contribution in [-0.2, 0) is 0 Å². The zero-order valence-corrected chi connectivity index (χ0v) is 29.2. The summed E-state index contributed by atoms with van der Waals surface area (Å²) in [7, 11) is 0. The Morgan fingerprint density at radius 1 is 0.259 bits per heavy atom. The first kappa shape index (κ1) is 35.1. The fraction of sp³-hybridized carbons (Fsp3) is 0. The van der Waals surface area contributed by atoms with Gasteiger partial charge in [0.15, 0.2) is 46.0 Å². The summed E-state index contributed by atoms with van der Waals surface area (Å²) in [6.45, 7) is 0. The van der Waals surface area contributed by atoms with Crippen molar-refractivity contribution in [1.82, 2.24) is 9.13 Å². The summed E-state index contributed by atoms with van der Waals surface area (Å²) in [5.41, 5.74) is 0.150. The third-order valence-corrected chi connectivity index (χ3v) is 10.5. The van der Waals surface area contributed by atoms with E-state index in [-0.39, 0.29) is 5.69 Å². The van der Waals surface area contributed by atoms with E-state index in [2.05, 4.69) is 0 Å². The predicted molar refractivity (Wildman–Crippen MR) is 209 cm³/mol. The average Bonchev–Trinajstić information content (AvgIpc) is 3.73. The summed E-state index contributed by atoms with van der Waals surface area (Å²) in [6, 6.07) is 24.3. The lowest BCUT2D eigenvalue weighted by Gasteiger charge is -2.19. The van der Waals surface area contributed by atoms with E-state index in [1.54, 1.807) is 72.8 Å². The number of aromatic nitrogens is 2. The van der Waals surface area contributed by atoms with Crippen molar-refractivity contribution in [2.45, 2.75) is 0 Å². The third-order valence-electron chi connectivity index (χ3n) is 10.5. The molecule has 2 aromatic heterocycles. The van der Waals surface area contributed by atoms with E-state index in [9.17, 15) is 71.5 Å². The Balaban J connectivity index is 1.25. The van der Waals surface area contributed by atoms with E-state index in [0.717, 1.165) is 0 Å². The highest BCUT2D eigenvalue weighted by molar-refractivity contribution is 6.13. The van der Waals surface area contributed by atoms with Crippen molar-refractivity contribution in [1.29, 1.82) is 0 Å². The van der Waals surface area contributed by atoms with E-state index < -0.39 is 97.3 Å². The molecule has 14 N–H and O–H groups in total. The van der Waals surface area contributed by atoms with Crippen LogP contribution in [0.25, 0.3) is 77.2 Å². The highest BCUT2D eigenvalue weighted by Gasteiger charge is 2.34. The molecule has 0 bridgehead atoms. The molecule has 0 amide bonds. The first-order valence-corrected chi connectivity index (χ1v) is 17.1. The van der Waals surface area contributed by atoms with Gasteiger partial charge in [-0.15, -0.1) is 0 Å². The summed E-state index contributed by atoms with van der Waals surface area (Å²) in [4.78, 5) is 0. The van der Waals surface area contributed by atoms with E-state index >= 15 is 0 Å². The van der Waals surface area contributed by atoms with Crippen LogP contribution in [0.4, 0.5) is 0 Å². The first-order chi connectivity index (χ1) is 27.6. The zero-order valence-electron chi connectivity index (χ0n) is 29.2. The molecule has 0 radical (unpaired) electrons. The monoisotopic (exact) mass is 784 g/mol. The lowest BCUT2D eigenvalue weighted by molar-refractivity contribution is 0.327. The minimum absolute atomic E-state index is 0.364. The average molecular weight is 785 g/mol. The molecule has 0 aliphatic carbocycles. The van der Waals surface area contributed by atoms with Gasteiger partial charge in [-0.3, -0.25) is 0 Å². The number of nitrogens with zero attached hydrogens (tertiary/aromatic N) is 2. The summed E-state index contributed by atoms with van der Waals surface area (Å²) in [5, 5.41) is 151. The smallest absolute Gasteiger partial charge is 0.208 e. The molecule has 0 aliphatic rings. The third kappa shape index (κ3) is 4.44. The molecule has 290 valence electrons. The van der Waals surface area contributed by atoms with E-state index in [1.807, 2.05) is 12.1 Å². The molecule has 9 rings (SSSR count). The van der Waals surface area contributed by atoms with Crippen molar-refractivity contribution >= 4 is 43.6 Å². The number of benzene rings is 7. The molecule has 0 unspecified atom stereocenters. The summed E-state index contributed by atoms with van der Waals surface area (Å²) < 4.78 is 2.78. The fourth-order valence-electron chi connectivity index (χ4n) is 7.73. The van der Waals surface area contributed by atoms with Crippen molar-refractivity contribution in [3.63, 3.8) is 0 Å². The number of para-hydroxylation sites is 2. The molecule has 58 heavy (non-hydrogen) atoms. The minimum atomic E-state index is -1.33. The Morgan fingerprint density at radius 2 is 0.534 bits per heavy atom. The molecule has 0 saturated carbocycles. The zero-order chi connectivity index (χ0) is 41.2. The van der Waals surface area contributed by atoms with Gasteiger partial charge < -0.3 is 80.6 Å². The van der Waals surface area contributed by atoms with Crippen LogP contribution in [0.15, 0.2) is 84.9 Å². The SMILES string of the molecule is Oc1c(O)c(O)c(-c2c(O)c(O)c(-n3c4ccccc4c4cc(-c5ccc6c(c5)c5ccccc5n6-c5c(O)c(O)c(O)c(O)c5O)ccc43)c(O)c2O)c(O)c1O. The van der Waals surface area contributed by atoms with Crippen molar-refractivity contribution in [3.8, 4) is 114 Å². The van der Waals surface area contributed by atoms with Gasteiger partial charge in [-0.05, 0) is 47.5 Å². The predicted octanol–water partition coefficient (Wildman–Crippen LogP) is 7.09. The second kappa shape index (κ2) is 11.9. The number of hydrogen-bond donors (Lipinski definition) is 14. The molecule has 0 fully saturated rings. The molecular formula is C42H28N2O14. The highest BCUT2D eigenvalue weighted by atomic mass is 16.4. The molecule has 0 saturated heterocycles. The maximum absolute atomic E-state index is 11.4. The summed E-state index contributed by atoms with van der Waals surface area (Å²) >= 11 is 0. The highest BCUT2D eigenvalue weighted by Crippen LogP contribution is 2.62. The normalized spacial score (nSPS) is 11.7. The molecule has 7 aromatic carbocycles. The van der Waals surface area contributed by atoms with Gasteiger partial charge in [-0.1, -0.05) is 48.5 Å². The summed E-state index contributed by atoms with van der Waals surface area (Å²) in [6.07, 6.45) is 0. The Morgan fingerprint density at radius 3 is 0.914 bits per heavy atom.